The molecule has 0 fully saturated rings. The summed E-state index contributed by atoms with van der Waals surface area (Å²) in [4.78, 5) is 0. The molecule has 8 heteroatoms. The smallest absolute Gasteiger partial charge is 0.0470 e. The van der Waals surface area contributed by atoms with Crippen molar-refractivity contribution in [1.82, 2.24) is 0 Å². The van der Waals surface area contributed by atoms with Crippen LogP contribution in [0.5, 0.6) is 0 Å². The number of hydrogen-bond acceptors (Lipinski definition) is 4. The zero-order valence-electron chi connectivity index (χ0n) is 31.5. The molecule has 0 saturated carbocycles. The molecule has 284 valence electrons. The standard InChI is InChI=1S/C50H40P4S4/c55-51(41-25-9-1-10-26-41,42-27-11-2-12-28-42)49-53(45-33-17-5-18-34-45,46-35-19-6-20-36-46)58-54(47-37-21-7-22-38-47,48-39-23-8-24-40-48)50(57-49)52(56,43-29-13-3-14-30-43)44-31-15-4-16-32-44/h1-40H. The van der Waals surface area contributed by atoms with E-state index in [1.165, 1.54) is 51.2 Å². The molecule has 1 aliphatic rings. The monoisotopic (exact) mass is 892 g/mol. The highest BCUT2D eigenvalue weighted by Crippen LogP contribution is 2.87. The Morgan fingerprint density at radius 3 is 0.672 bits per heavy atom. The van der Waals surface area contributed by atoms with Gasteiger partial charge in [0.05, 0.1) is 0 Å². The van der Waals surface area contributed by atoms with E-state index in [1.807, 2.05) is 11.8 Å². The highest BCUT2D eigenvalue weighted by atomic mass is 33.1. The van der Waals surface area contributed by atoms with Crippen molar-refractivity contribution in [2.45, 2.75) is 0 Å². The Morgan fingerprint density at radius 2 is 0.466 bits per heavy atom. The van der Waals surface area contributed by atoms with Crippen molar-refractivity contribution in [2.75, 3.05) is 0 Å². The second-order valence-corrected chi connectivity index (χ2v) is 36.3. The molecular formula is C50H40P4S4. The van der Waals surface area contributed by atoms with Gasteiger partial charge in [-0.25, -0.2) is 0 Å². The van der Waals surface area contributed by atoms with Gasteiger partial charge in [0.15, 0.2) is 0 Å². The highest BCUT2D eigenvalue weighted by Gasteiger charge is 2.51. The Labute approximate surface area is 361 Å². The molecule has 0 aromatic heterocycles. The number of hydrogen-bond donors (Lipinski definition) is 0. The lowest BCUT2D eigenvalue weighted by atomic mass is 10.4. The van der Waals surface area contributed by atoms with Crippen molar-refractivity contribution in [3.63, 3.8) is 0 Å². The number of benzene rings is 8. The summed E-state index contributed by atoms with van der Waals surface area (Å²) in [7, 11) is 0. The van der Waals surface area contributed by atoms with Crippen LogP contribution in [0.15, 0.2) is 243 Å². The summed E-state index contributed by atoms with van der Waals surface area (Å²) in [6.07, 6.45) is -5.32. The largest absolute Gasteiger partial charge is 0.0880 e. The molecule has 0 unspecified atom stereocenters. The average Bonchev–Trinajstić information content (AvgIpc) is 3.33. The van der Waals surface area contributed by atoms with Gasteiger partial charge in [-0.3, -0.25) is 0 Å². The third-order valence-electron chi connectivity index (χ3n) is 10.5. The highest BCUT2D eigenvalue weighted by molar-refractivity contribution is 9.02. The summed E-state index contributed by atoms with van der Waals surface area (Å²) < 4.78 is 2.77. The molecule has 0 nitrogen and oxygen atoms in total. The van der Waals surface area contributed by atoms with E-state index < -0.39 is 24.3 Å². The van der Waals surface area contributed by atoms with E-state index in [2.05, 4.69) is 254 Å². The van der Waals surface area contributed by atoms with Gasteiger partial charge < -0.3 is 0 Å². The lowest BCUT2D eigenvalue weighted by molar-refractivity contribution is 1.75. The lowest BCUT2D eigenvalue weighted by Gasteiger charge is -2.48. The minimum atomic E-state index is -2.77. The predicted octanol–water partition coefficient (Wildman–Crippen LogP) is 11.1. The van der Waals surface area contributed by atoms with E-state index in [0.29, 0.717) is 0 Å². The normalized spacial score (nSPS) is 15.1. The maximum absolute atomic E-state index is 7.57. The second-order valence-electron chi connectivity index (χ2n) is 13.9. The maximum Gasteiger partial charge on any atom is 0.0470 e. The molecule has 0 atom stereocenters. The van der Waals surface area contributed by atoms with Crippen LogP contribution in [-0.2, 0) is 23.6 Å². The SMILES string of the molecule is S=P(C1=P(c2ccccc2)(c2ccccc2)SP(c2ccccc2)(c2ccccc2)=C(P(=S)(c2ccccc2)c2ccccc2)S1)(c1ccccc1)c1ccccc1. The van der Waals surface area contributed by atoms with Crippen molar-refractivity contribution in [2.24, 2.45) is 0 Å². The van der Waals surface area contributed by atoms with Crippen molar-refractivity contribution in [1.29, 1.82) is 0 Å². The van der Waals surface area contributed by atoms with E-state index in [1.54, 1.807) is 0 Å². The van der Waals surface area contributed by atoms with Crippen molar-refractivity contribution in [3.8, 4) is 0 Å². The van der Waals surface area contributed by atoms with Gasteiger partial charge in [-0.1, -0.05) is 289 Å². The van der Waals surface area contributed by atoms with Crippen LogP contribution in [0.25, 0.3) is 0 Å². The van der Waals surface area contributed by atoms with E-state index in [0.717, 1.165) is 0 Å². The molecule has 0 saturated heterocycles. The van der Waals surface area contributed by atoms with Crippen LogP contribution < -0.4 is 42.4 Å². The van der Waals surface area contributed by atoms with Gasteiger partial charge >= 0.3 is 0 Å². The molecule has 9 rings (SSSR count). The molecule has 0 bridgehead atoms. The fraction of sp³-hybridized carbons (Fsp3) is 0. The first-order valence-corrected chi connectivity index (χ1v) is 31.1. The van der Waals surface area contributed by atoms with Gasteiger partial charge in [-0.2, -0.15) is 0 Å². The molecule has 0 radical (unpaired) electrons. The third-order valence-corrected chi connectivity index (χ3v) is 45.8. The molecule has 1 heterocycles. The van der Waals surface area contributed by atoms with Gasteiger partial charge in [0.2, 0.25) is 0 Å². The quantitative estimate of drug-likeness (QED) is 0.125. The van der Waals surface area contributed by atoms with Gasteiger partial charge in [-0.15, -0.1) is 0 Å². The predicted molar refractivity (Wildman–Crippen MR) is 276 cm³/mol. The molecule has 0 aliphatic carbocycles. The third kappa shape index (κ3) is 6.82. The first-order valence-electron chi connectivity index (χ1n) is 19.1. The average molecular weight is 893 g/mol. The minimum Gasteiger partial charge on any atom is -0.0880 e. The van der Waals surface area contributed by atoms with Crippen LogP contribution >= 0.6 is 47.0 Å². The molecule has 0 amide bonds. The van der Waals surface area contributed by atoms with E-state index >= 15 is 0 Å². The van der Waals surface area contributed by atoms with Crippen molar-refractivity contribution < 1.29 is 0 Å². The maximum atomic E-state index is 7.57. The minimum absolute atomic E-state index is 1.20. The van der Waals surface area contributed by atoms with Crippen LogP contribution in [0.1, 0.15) is 0 Å². The van der Waals surface area contributed by atoms with Crippen LogP contribution in [-0.4, -0.2) is 8.73 Å². The topological polar surface area (TPSA) is 0 Å². The summed E-state index contributed by atoms with van der Waals surface area (Å²) in [5.41, 5.74) is 0. The zero-order chi connectivity index (χ0) is 39.5. The van der Waals surface area contributed by atoms with Crippen molar-refractivity contribution in [3.05, 3.63) is 243 Å². The first kappa shape index (κ1) is 39.8. The van der Waals surface area contributed by atoms with E-state index in [9.17, 15) is 0 Å². The summed E-state index contributed by atoms with van der Waals surface area (Å²) in [5, 5.41) is 10.1. The molecule has 1 aliphatic heterocycles. The Hall–Kier alpha value is -3.64. The first-order chi connectivity index (χ1) is 28.5. The molecule has 8 aromatic rings. The van der Waals surface area contributed by atoms with Gasteiger partial charge in [0.25, 0.3) is 0 Å². The molecule has 0 N–H and O–H groups in total. The van der Waals surface area contributed by atoms with Gasteiger partial charge in [-0.05, 0) is 42.4 Å². The zero-order valence-corrected chi connectivity index (χ0v) is 38.4. The fourth-order valence-corrected chi connectivity index (χ4v) is 53.0. The summed E-state index contributed by atoms with van der Waals surface area (Å²) in [5.74, 6) is 0. The van der Waals surface area contributed by atoms with Gasteiger partial charge in [0, 0.05) is 33.0 Å². The van der Waals surface area contributed by atoms with Crippen LogP contribution in [0.4, 0.5) is 0 Å². The second kappa shape index (κ2) is 17.1. The fourth-order valence-electron chi connectivity index (χ4n) is 7.76. The number of thioether (sulfide) groups is 1. The Morgan fingerprint density at radius 1 is 0.276 bits per heavy atom. The number of rotatable bonds is 10. The van der Waals surface area contributed by atoms with Crippen LogP contribution in [0.3, 0.4) is 0 Å². The summed E-state index contributed by atoms with van der Waals surface area (Å²) in [6.45, 7) is 0. The van der Waals surface area contributed by atoms with E-state index in [4.69, 9.17) is 23.6 Å². The molecule has 58 heavy (non-hydrogen) atoms. The van der Waals surface area contributed by atoms with Gasteiger partial charge in [0.1, 0.15) is 0 Å². The molecule has 8 aromatic carbocycles. The summed E-state index contributed by atoms with van der Waals surface area (Å²) in [6, 6.07) is 83.9. The Bertz CT molecular complexity index is 2500. The van der Waals surface area contributed by atoms with E-state index in [-0.39, 0.29) is 0 Å². The lowest BCUT2D eigenvalue weighted by Crippen LogP contribution is -2.33. The molecule has 0 spiro atoms. The Balaban J connectivity index is 1.58. The van der Waals surface area contributed by atoms with Crippen LogP contribution in [0.2, 0.25) is 0 Å². The summed E-state index contributed by atoms with van der Waals surface area (Å²) >= 11 is 19.4. The van der Waals surface area contributed by atoms with Crippen LogP contribution in [0, 0.1) is 0 Å². The molecular weight excluding hydrogens is 853 g/mol. The Kier molecular flexibility index (Phi) is 11.8. The van der Waals surface area contributed by atoms with Crippen molar-refractivity contribution >= 4 is 122 Å².